The topological polar surface area (TPSA) is 59.6 Å². The second kappa shape index (κ2) is 6.05. The Hall–Kier alpha value is -2.21. The van der Waals surface area contributed by atoms with Gasteiger partial charge in [-0.05, 0) is 36.1 Å². The molecule has 1 aliphatic heterocycles. The number of carbonyl (C=O) groups is 1. The first-order valence-electron chi connectivity index (χ1n) is 6.67. The highest BCUT2D eigenvalue weighted by Crippen LogP contribution is 2.32. The number of benzene rings is 1. The van der Waals surface area contributed by atoms with Gasteiger partial charge in [-0.2, -0.15) is 11.3 Å². The largest absolute Gasteiger partial charge is 0.454 e. The molecule has 5 nitrogen and oxygen atoms in total. The Labute approximate surface area is 126 Å². The number of hydrogen-bond acceptors (Lipinski definition) is 5. The van der Waals surface area contributed by atoms with E-state index < -0.39 is 0 Å². The minimum Gasteiger partial charge on any atom is -0.454 e. The van der Waals surface area contributed by atoms with Crippen LogP contribution in [0.5, 0.6) is 11.5 Å². The highest BCUT2D eigenvalue weighted by molar-refractivity contribution is 7.08. The van der Waals surface area contributed by atoms with E-state index in [2.05, 4.69) is 10.6 Å². The molecule has 1 aliphatic rings. The number of carbonyl (C=O) groups excluding carboxylic acids is 1. The molecule has 1 atom stereocenters. The summed E-state index contributed by atoms with van der Waals surface area (Å²) in [7, 11) is 0. The summed E-state index contributed by atoms with van der Waals surface area (Å²) < 4.78 is 10.6. The van der Waals surface area contributed by atoms with Crippen LogP contribution in [-0.4, -0.2) is 18.7 Å². The van der Waals surface area contributed by atoms with Crippen molar-refractivity contribution in [3.8, 4) is 11.5 Å². The van der Waals surface area contributed by atoms with E-state index in [1.54, 1.807) is 11.3 Å². The number of ether oxygens (including phenoxy) is 2. The van der Waals surface area contributed by atoms with Crippen LogP contribution in [0.1, 0.15) is 12.5 Å². The molecule has 21 heavy (non-hydrogen) atoms. The molecule has 0 unspecified atom stereocenters. The quantitative estimate of drug-likeness (QED) is 0.891. The Morgan fingerprint density at radius 3 is 3.00 bits per heavy atom. The van der Waals surface area contributed by atoms with Crippen molar-refractivity contribution >= 4 is 22.9 Å². The first-order chi connectivity index (χ1) is 10.2. The van der Waals surface area contributed by atoms with Crippen molar-refractivity contribution in [1.82, 2.24) is 5.32 Å². The summed E-state index contributed by atoms with van der Waals surface area (Å²) in [5.74, 6) is 1.43. The van der Waals surface area contributed by atoms with Crippen LogP contribution in [0.2, 0.25) is 0 Å². The van der Waals surface area contributed by atoms with Gasteiger partial charge in [-0.15, -0.1) is 0 Å². The van der Waals surface area contributed by atoms with Gasteiger partial charge in [0.25, 0.3) is 0 Å². The standard InChI is InChI=1S/C15H16N2O3S/c1-10(17-12-4-5-21-8-12)15(18)16-7-11-2-3-13-14(6-11)20-9-19-13/h2-6,8,10,17H,7,9H2,1H3,(H,16,18)/t10-/m0/s1. The molecule has 110 valence electrons. The zero-order chi connectivity index (χ0) is 14.7. The third-order valence-electron chi connectivity index (χ3n) is 3.20. The van der Waals surface area contributed by atoms with Gasteiger partial charge >= 0.3 is 0 Å². The lowest BCUT2D eigenvalue weighted by Crippen LogP contribution is -2.37. The fourth-order valence-corrected chi connectivity index (χ4v) is 2.65. The third kappa shape index (κ3) is 3.28. The lowest BCUT2D eigenvalue weighted by molar-refractivity contribution is -0.121. The van der Waals surface area contributed by atoms with Gasteiger partial charge in [-0.25, -0.2) is 0 Å². The van der Waals surface area contributed by atoms with Crippen molar-refractivity contribution in [3.63, 3.8) is 0 Å². The van der Waals surface area contributed by atoms with Crippen molar-refractivity contribution in [2.24, 2.45) is 0 Å². The molecule has 0 bridgehead atoms. The molecule has 0 radical (unpaired) electrons. The molecule has 2 heterocycles. The van der Waals surface area contributed by atoms with E-state index in [4.69, 9.17) is 9.47 Å². The number of nitrogens with one attached hydrogen (secondary N) is 2. The zero-order valence-corrected chi connectivity index (χ0v) is 12.4. The monoisotopic (exact) mass is 304 g/mol. The van der Waals surface area contributed by atoms with E-state index in [1.165, 1.54) is 0 Å². The van der Waals surface area contributed by atoms with Gasteiger partial charge in [0.15, 0.2) is 11.5 Å². The van der Waals surface area contributed by atoms with E-state index in [9.17, 15) is 4.79 Å². The first-order valence-corrected chi connectivity index (χ1v) is 7.61. The maximum absolute atomic E-state index is 12.1. The summed E-state index contributed by atoms with van der Waals surface area (Å²) in [5, 5.41) is 10.0. The Kier molecular flexibility index (Phi) is 3.96. The first kappa shape index (κ1) is 13.8. The summed E-state index contributed by atoms with van der Waals surface area (Å²) in [6.45, 7) is 2.56. The van der Waals surface area contributed by atoms with Crippen LogP contribution in [0.4, 0.5) is 5.69 Å². The second-order valence-corrected chi connectivity index (χ2v) is 5.56. The minimum absolute atomic E-state index is 0.0427. The van der Waals surface area contributed by atoms with Crippen LogP contribution >= 0.6 is 11.3 Å². The SMILES string of the molecule is C[C@H](Nc1ccsc1)C(=O)NCc1ccc2c(c1)OCO2. The molecule has 2 N–H and O–H groups in total. The van der Waals surface area contributed by atoms with Gasteiger partial charge in [-0.1, -0.05) is 6.07 Å². The van der Waals surface area contributed by atoms with Crippen LogP contribution in [0.15, 0.2) is 35.0 Å². The Morgan fingerprint density at radius 2 is 2.19 bits per heavy atom. The van der Waals surface area contributed by atoms with Gasteiger partial charge in [-0.3, -0.25) is 4.79 Å². The predicted octanol–water partition coefficient (Wildman–Crippen LogP) is 2.59. The van der Waals surface area contributed by atoms with Crippen molar-refractivity contribution in [3.05, 3.63) is 40.6 Å². The Morgan fingerprint density at radius 1 is 1.33 bits per heavy atom. The Bertz CT molecular complexity index is 628. The van der Waals surface area contributed by atoms with Crippen LogP contribution in [0, 0.1) is 0 Å². The number of thiophene rings is 1. The molecule has 0 saturated heterocycles. The van der Waals surface area contributed by atoms with Crippen LogP contribution in [0.25, 0.3) is 0 Å². The van der Waals surface area contributed by atoms with Crippen molar-refractivity contribution in [1.29, 1.82) is 0 Å². The maximum atomic E-state index is 12.1. The molecule has 0 saturated carbocycles. The summed E-state index contributed by atoms with van der Waals surface area (Å²) in [5.41, 5.74) is 1.95. The molecule has 0 fully saturated rings. The van der Waals surface area contributed by atoms with Crippen molar-refractivity contribution < 1.29 is 14.3 Å². The summed E-state index contributed by atoms with van der Waals surface area (Å²) in [4.78, 5) is 12.1. The molecular formula is C15H16N2O3S. The fourth-order valence-electron chi connectivity index (χ4n) is 2.06. The third-order valence-corrected chi connectivity index (χ3v) is 3.88. The zero-order valence-electron chi connectivity index (χ0n) is 11.6. The number of fused-ring (bicyclic) bond motifs is 1. The number of amides is 1. The van der Waals surface area contributed by atoms with Gasteiger partial charge in [0.1, 0.15) is 6.04 Å². The highest BCUT2D eigenvalue weighted by atomic mass is 32.1. The van der Waals surface area contributed by atoms with Gasteiger partial charge < -0.3 is 20.1 Å². The van der Waals surface area contributed by atoms with E-state index in [0.29, 0.717) is 6.54 Å². The molecule has 1 aromatic heterocycles. The second-order valence-electron chi connectivity index (χ2n) is 4.78. The molecule has 2 aromatic rings. The van der Waals surface area contributed by atoms with Gasteiger partial charge in [0.2, 0.25) is 12.7 Å². The van der Waals surface area contributed by atoms with E-state index in [1.807, 2.05) is 41.9 Å². The number of rotatable bonds is 5. The normalized spacial score (nSPS) is 13.8. The van der Waals surface area contributed by atoms with Gasteiger partial charge in [0, 0.05) is 17.6 Å². The van der Waals surface area contributed by atoms with Crippen LogP contribution < -0.4 is 20.1 Å². The molecular weight excluding hydrogens is 288 g/mol. The maximum Gasteiger partial charge on any atom is 0.242 e. The van der Waals surface area contributed by atoms with E-state index >= 15 is 0 Å². The molecule has 6 heteroatoms. The average Bonchev–Trinajstić information content (AvgIpc) is 3.14. The summed E-state index contributed by atoms with van der Waals surface area (Å²) >= 11 is 1.59. The smallest absolute Gasteiger partial charge is 0.242 e. The predicted molar refractivity (Wildman–Crippen MR) is 81.8 cm³/mol. The van der Waals surface area contributed by atoms with E-state index in [-0.39, 0.29) is 18.7 Å². The number of anilines is 1. The molecule has 1 amide bonds. The lowest BCUT2D eigenvalue weighted by Gasteiger charge is -2.14. The van der Waals surface area contributed by atoms with Crippen molar-refractivity contribution in [2.75, 3.05) is 12.1 Å². The van der Waals surface area contributed by atoms with Crippen molar-refractivity contribution in [2.45, 2.75) is 19.5 Å². The Balaban J connectivity index is 1.53. The summed E-state index contributed by atoms with van der Waals surface area (Å²) in [6, 6.07) is 7.33. The fraction of sp³-hybridized carbons (Fsp3) is 0.267. The van der Waals surface area contributed by atoms with Gasteiger partial charge in [0.05, 0.1) is 0 Å². The molecule has 1 aromatic carbocycles. The highest BCUT2D eigenvalue weighted by Gasteiger charge is 2.15. The molecule has 0 aliphatic carbocycles. The number of hydrogen-bond donors (Lipinski definition) is 2. The average molecular weight is 304 g/mol. The summed E-state index contributed by atoms with van der Waals surface area (Å²) in [6.07, 6.45) is 0. The molecule has 3 rings (SSSR count). The van der Waals surface area contributed by atoms with E-state index in [0.717, 1.165) is 22.7 Å². The van der Waals surface area contributed by atoms with Crippen LogP contribution in [0.3, 0.4) is 0 Å². The van der Waals surface area contributed by atoms with Crippen LogP contribution in [-0.2, 0) is 11.3 Å². The molecule has 0 spiro atoms. The lowest BCUT2D eigenvalue weighted by atomic mass is 10.2. The minimum atomic E-state index is -0.284.